The van der Waals surface area contributed by atoms with E-state index in [9.17, 15) is 14.9 Å². The minimum absolute atomic E-state index is 0.0249. The van der Waals surface area contributed by atoms with E-state index in [1.54, 1.807) is 18.2 Å². The fourth-order valence-corrected chi connectivity index (χ4v) is 2.01. The number of non-ortho nitro benzene ring substituents is 1. The normalized spacial score (nSPS) is 10.9. The molecule has 0 bridgehead atoms. The Morgan fingerprint density at radius 3 is 2.22 bits per heavy atom. The van der Waals surface area contributed by atoms with Crippen molar-refractivity contribution in [3.63, 3.8) is 0 Å². The van der Waals surface area contributed by atoms with Gasteiger partial charge in [0.05, 0.1) is 4.92 Å². The summed E-state index contributed by atoms with van der Waals surface area (Å²) in [6, 6.07) is 13.7. The fraction of sp³-hybridized carbons (Fsp3) is 0.167. The molecule has 0 spiro atoms. The zero-order valence-corrected chi connectivity index (χ0v) is 13.0. The smallest absolute Gasteiger partial charge is 0.269 e. The van der Waals surface area contributed by atoms with Gasteiger partial charge in [0.25, 0.3) is 5.69 Å². The van der Waals surface area contributed by atoms with E-state index >= 15 is 0 Å². The van der Waals surface area contributed by atoms with E-state index in [1.807, 2.05) is 24.3 Å². The van der Waals surface area contributed by atoms with Gasteiger partial charge in [0.2, 0.25) is 5.91 Å². The van der Waals surface area contributed by atoms with Crippen LogP contribution in [0, 0.1) is 10.1 Å². The number of nitro benzene ring substituents is 1. The van der Waals surface area contributed by atoms with Crippen molar-refractivity contribution in [1.29, 1.82) is 0 Å². The lowest BCUT2D eigenvalue weighted by Gasteiger charge is -2.07. The number of nitrogens with zero attached hydrogens (tertiary/aromatic N) is 1. The first-order chi connectivity index (χ1) is 11.0. The molecule has 0 radical (unpaired) electrons. The standard InChI is InChI=1S/C18H18N2O3/c1-13(2)15-6-8-16(9-7-15)19-18(21)12-5-14-3-10-17(11-4-14)20(22)23/h3-13H,1-2H3,(H,19,21)/b12-5+. The SMILES string of the molecule is CC(C)c1ccc(NC(=O)/C=C/c2ccc([N+](=O)[O-])cc2)cc1. The molecule has 0 aliphatic carbocycles. The summed E-state index contributed by atoms with van der Waals surface area (Å²) in [5, 5.41) is 13.3. The van der Waals surface area contributed by atoms with Crippen LogP contribution in [0.3, 0.4) is 0 Å². The second-order valence-electron chi connectivity index (χ2n) is 5.45. The highest BCUT2D eigenvalue weighted by Crippen LogP contribution is 2.17. The van der Waals surface area contributed by atoms with Gasteiger partial charge in [0.1, 0.15) is 0 Å². The number of hydrogen-bond donors (Lipinski definition) is 1. The number of hydrogen-bond acceptors (Lipinski definition) is 3. The van der Waals surface area contributed by atoms with Crippen molar-refractivity contribution in [2.24, 2.45) is 0 Å². The Hall–Kier alpha value is -2.95. The van der Waals surface area contributed by atoms with E-state index in [2.05, 4.69) is 19.2 Å². The lowest BCUT2D eigenvalue weighted by molar-refractivity contribution is -0.384. The maximum absolute atomic E-state index is 11.9. The molecule has 0 atom stereocenters. The molecule has 2 rings (SSSR count). The van der Waals surface area contributed by atoms with Crippen molar-refractivity contribution in [3.8, 4) is 0 Å². The van der Waals surface area contributed by atoms with Gasteiger partial charge >= 0.3 is 0 Å². The number of nitrogens with one attached hydrogen (secondary N) is 1. The topological polar surface area (TPSA) is 72.2 Å². The Kier molecular flexibility index (Phi) is 5.25. The van der Waals surface area contributed by atoms with Crippen molar-refractivity contribution >= 4 is 23.4 Å². The van der Waals surface area contributed by atoms with Crippen LogP contribution < -0.4 is 5.32 Å². The Morgan fingerprint density at radius 1 is 1.09 bits per heavy atom. The molecule has 0 aliphatic heterocycles. The Morgan fingerprint density at radius 2 is 1.70 bits per heavy atom. The summed E-state index contributed by atoms with van der Waals surface area (Å²) in [5.41, 5.74) is 2.69. The molecular weight excluding hydrogens is 292 g/mol. The molecular formula is C18H18N2O3. The lowest BCUT2D eigenvalue weighted by Crippen LogP contribution is -2.07. The monoisotopic (exact) mass is 310 g/mol. The Bertz CT molecular complexity index is 717. The third kappa shape index (κ3) is 4.78. The average Bonchev–Trinajstić information content (AvgIpc) is 2.54. The zero-order chi connectivity index (χ0) is 16.8. The first-order valence-corrected chi connectivity index (χ1v) is 7.29. The summed E-state index contributed by atoms with van der Waals surface area (Å²) in [4.78, 5) is 22.0. The van der Waals surface area contributed by atoms with Crippen molar-refractivity contribution in [2.75, 3.05) is 5.32 Å². The Balaban J connectivity index is 1.97. The van der Waals surface area contributed by atoms with Gasteiger partial charge in [-0.2, -0.15) is 0 Å². The molecule has 2 aromatic carbocycles. The highest BCUT2D eigenvalue weighted by molar-refractivity contribution is 6.01. The molecule has 0 saturated carbocycles. The van der Waals surface area contributed by atoms with Crippen LogP contribution in [-0.4, -0.2) is 10.8 Å². The maximum Gasteiger partial charge on any atom is 0.269 e. The van der Waals surface area contributed by atoms with Crippen LogP contribution in [0.1, 0.15) is 30.9 Å². The van der Waals surface area contributed by atoms with Gasteiger partial charge in [-0.3, -0.25) is 14.9 Å². The predicted octanol–water partition coefficient (Wildman–Crippen LogP) is 4.37. The van der Waals surface area contributed by atoms with Crippen molar-refractivity contribution in [3.05, 3.63) is 75.8 Å². The van der Waals surface area contributed by atoms with Gasteiger partial charge in [0, 0.05) is 23.9 Å². The van der Waals surface area contributed by atoms with Gasteiger partial charge in [-0.15, -0.1) is 0 Å². The molecule has 5 nitrogen and oxygen atoms in total. The second-order valence-corrected chi connectivity index (χ2v) is 5.45. The minimum Gasteiger partial charge on any atom is -0.323 e. The van der Waals surface area contributed by atoms with Gasteiger partial charge in [-0.05, 0) is 47.4 Å². The first-order valence-electron chi connectivity index (χ1n) is 7.29. The molecule has 0 heterocycles. The molecule has 1 amide bonds. The number of nitro groups is 1. The minimum atomic E-state index is -0.457. The van der Waals surface area contributed by atoms with Crippen LogP contribution in [0.4, 0.5) is 11.4 Å². The summed E-state index contributed by atoms with van der Waals surface area (Å²) < 4.78 is 0. The third-order valence-corrected chi connectivity index (χ3v) is 3.38. The number of anilines is 1. The van der Waals surface area contributed by atoms with Crippen LogP contribution in [0.15, 0.2) is 54.6 Å². The van der Waals surface area contributed by atoms with Crippen molar-refractivity contribution < 1.29 is 9.72 Å². The first kappa shape index (κ1) is 16.4. The van der Waals surface area contributed by atoms with E-state index in [4.69, 9.17) is 0 Å². The van der Waals surface area contributed by atoms with E-state index in [-0.39, 0.29) is 11.6 Å². The summed E-state index contributed by atoms with van der Waals surface area (Å²) in [6.07, 6.45) is 3.01. The second kappa shape index (κ2) is 7.35. The molecule has 0 fully saturated rings. The molecule has 0 aromatic heterocycles. The molecule has 5 heteroatoms. The zero-order valence-electron chi connectivity index (χ0n) is 13.0. The highest BCUT2D eigenvalue weighted by Gasteiger charge is 2.03. The lowest BCUT2D eigenvalue weighted by atomic mass is 10.0. The summed E-state index contributed by atoms with van der Waals surface area (Å²) >= 11 is 0. The molecule has 118 valence electrons. The third-order valence-electron chi connectivity index (χ3n) is 3.38. The molecule has 2 aromatic rings. The largest absolute Gasteiger partial charge is 0.323 e. The molecule has 0 aliphatic rings. The van der Waals surface area contributed by atoms with E-state index < -0.39 is 4.92 Å². The molecule has 23 heavy (non-hydrogen) atoms. The van der Waals surface area contributed by atoms with E-state index in [0.717, 1.165) is 11.3 Å². The average molecular weight is 310 g/mol. The van der Waals surface area contributed by atoms with Crippen LogP contribution in [0.2, 0.25) is 0 Å². The molecule has 1 N–H and O–H groups in total. The quantitative estimate of drug-likeness (QED) is 0.506. The Labute approximate surface area is 134 Å². The molecule has 0 saturated heterocycles. The summed E-state index contributed by atoms with van der Waals surface area (Å²) in [6.45, 7) is 4.22. The van der Waals surface area contributed by atoms with Crippen LogP contribution in [-0.2, 0) is 4.79 Å². The van der Waals surface area contributed by atoms with E-state index in [0.29, 0.717) is 5.92 Å². The fourth-order valence-electron chi connectivity index (χ4n) is 2.01. The molecule has 0 unspecified atom stereocenters. The van der Waals surface area contributed by atoms with Gasteiger partial charge in [-0.25, -0.2) is 0 Å². The number of carbonyl (C=O) groups is 1. The van der Waals surface area contributed by atoms with Crippen LogP contribution in [0.5, 0.6) is 0 Å². The summed E-state index contributed by atoms with van der Waals surface area (Å²) in [7, 11) is 0. The highest BCUT2D eigenvalue weighted by atomic mass is 16.6. The van der Waals surface area contributed by atoms with Crippen LogP contribution >= 0.6 is 0 Å². The number of amides is 1. The predicted molar refractivity (Wildman–Crippen MR) is 91.3 cm³/mol. The number of benzene rings is 2. The number of rotatable bonds is 5. The van der Waals surface area contributed by atoms with Crippen molar-refractivity contribution in [2.45, 2.75) is 19.8 Å². The van der Waals surface area contributed by atoms with Gasteiger partial charge in [0.15, 0.2) is 0 Å². The van der Waals surface area contributed by atoms with Gasteiger partial charge in [-0.1, -0.05) is 26.0 Å². The summed E-state index contributed by atoms with van der Waals surface area (Å²) in [5.74, 6) is 0.197. The number of carbonyl (C=O) groups excluding carboxylic acids is 1. The maximum atomic E-state index is 11.9. The van der Waals surface area contributed by atoms with E-state index in [1.165, 1.54) is 23.8 Å². The van der Waals surface area contributed by atoms with Gasteiger partial charge < -0.3 is 5.32 Å². The van der Waals surface area contributed by atoms with Crippen LogP contribution in [0.25, 0.3) is 6.08 Å². The van der Waals surface area contributed by atoms with Crippen molar-refractivity contribution in [1.82, 2.24) is 0 Å².